The van der Waals surface area contributed by atoms with Crippen LogP contribution in [0.15, 0.2) is 42.9 Å². The Hall–Kier alpha value is -3.75. The Bertz CT molecular complexity index is 955. The molecule has 0 aromatic carbocycles. The van der Waals surface area contributed by atoms with Crippen LogP contribution in [0, 0.1) is 6.92 Å². The van der Waals surface area contributed by atoms with Crippen molar-refractivity contribution in [2.24, 2.45) is 0 Å². The van der Waals surface area contributed by atoms with Crippen LogP contribution in [0.2, 0.25) is 0 Å². The molecule has 3 heterocycles. The number of hydrogen-bond acceptors (Lipinski definition) is 6. The molecule has 0 saturated heterocycles. The van der Waals surface area contributed by atoms with E-state index in [-0.39, 0.29) is 12.3 Å². The van der Waals surface area contributed by atoms with E-state index >= 15 is 0 Å². The minimum Gasteiger partial charge on any atom is -0.455 e. The number of pyridine rings is 2. The second-order valence-electron chi connectivity index (χ2n) is 5.60. The van der Waals surface area contributed by atoms with Crippen molar-refractivity contribution in [3.8, 4) is 22.8 Å². The molecule has 0 spiro atoms. The van der Waals surface area contributed by atoms with Gasteiger partial charge in [-0.15, -0.1) is 0 Å². The predicted octanol–water partition coefficient (Wildman–Crippen LogP) is 3.03. The topological polar surface area (TPSA) is 122 Å². The van der Waals surface area contributed by atoms with Crippen LogP contribution >= 0.6 is 0 Å². The Balaban J connectivity index is 1.70. The number of H-pyrrole nitrogens is 1. The van der Waals surface area contributed by atoms with Gasteiger partial charge in [0.1, 0.15) is 17.3 Å². The van der Waals surface area contributed by atoms with Gasteiger partial charge in [0.25, 0.3) is 0 Å². The maximum absolute atomic E-state index is 11.7. The molecule has 0 aliphatic rings. The molecule has 0 bridgehead atoms. The highest BCUT2D eigenvalue weighted by molar-refractivity contribution is 6.00. The van der Waals surface area contributed by atoms with Crippen LogP contribution in [-0.4, -0.2) is 32.1 Å². The fraction of sp³-hybridized carbons (Fsp3) is 0.167. The maximum atomic E-state index is 11.7. The summed E-state index contributed by atoms with van der Waals surface area (Å²) in [6, 6.07) is 6.19. The smallest absolute Gasteiger partial charge is 0.327 e. The first-order valence-corrected chi connectivity index (χ1v) is 8.26. The first-order chi connectivity index (χ1) is 13.0. The van der Waals surface area contributed by atoms with Gasteiger partial charge in [0.15, 0.2) is 0 Å². The number of hydrogen-bond donors (Lipinski definition) is 3. The summed E-state index contributed by atoms with van der Waals surface area (Å²) in [5.74, 6) is 1.08. The molecule has 9 heteroatoms. The zero-order valence-electron chi connectivity index (χ0n) is 14.8. The third-order valence-corrected chi connectivity index (χ3v) is 3.61. The Morgan fingerprint density at radius 2 is 2.11 bits per heavy atom. The lowest BCUT2D eigenvalue weighted by Gasteiger charge is -2.11. The number of amides is 3. The average molecular weight is 366 g/mol. The van der Waals surface area contributed by atoms with E-state index in [9.17, 15) is 9.59 Å². The van der Waals surface area contributed by atoms with Crippen LogP contribution in [0.4, 0.5) is 10.6 Å². The van der Waals surface area contributed by atoms with E-state index < -0.39 is 6.03 Å². The number of aromatic nitrogens is 4. The molecular formula is C18H18N6O3. The first kappa shape index (κ1) is 18.1. The van der Waals surface area contributed by atoms with E-state index in [1.165, 1.54) is 0 Å². The molecule has 0 aliphatic carbocycles. The van der Waals surface area contributed by atoms with Crippen molar-refractivity contribution in [3.05, 3.63) is 48.5 Å². The highest BCUT2D eigenvalue weighted by atomic mass is 16.5. The average Bonchev–Trinajstić information content (AvgIpc) is 3.19. The van der Waals surface area contributed by atoms with E-state index in [1.54, 1.807) is 56.7 Å². The molecule has 0 fully saturated rings. The van der Waals surface area contributed by atoms with Crippen molar-refractivity contribution in [2.75, 3.05) is 5.32 Å². The number of carbonyl (C=O) groups is 2. The van der Waals surface area contributed by atoms with Crippen LogP contribution in [0.1, 0.15) is 19.0 Å². The number of imide groups is 1. The lowest BCUT2D eigenvalue weighted by molar-refractivity contribution is -0.119. The molecule has 0 atom stereocenters. The van der Waals surface area contributed by atoms with Crippen molar-refractivity contribution in [3.63, 3.8) is 0 Å². The summed E-state index contributed by atoms with van der Waals surface area (Å²) < 4.78 is 5.87. The normalized spacial score (nSPS) is 10.3. The third-order valence-electron chi connectivity index (χ3n) is 3.61. The summed E-state index contributed by atoms with van der Waals surface area (Å²) >= 11 is 0. The molecule has 3 N–H and O–H groups in total. The van der Waals surface area contributed by atoms with Gasteiger partial charge in [-0.05, 0) is 25.1 Å². The lowest BCUT2D eigenvalue weighted by Crippen LogP contribution is -2.34. The number of aromatic amines is 1. The minimum atomic E-state index is -0.624. The van der Waals surface area contributed by atoms with Crippen molar-refractivity contribution in [1.82, 2.24) is 25.5 Å². The van der Waals surface area contributed by atoms with Gasteiger partial charge in [-0.3, -0.25) is 25.5 Å². The van der Waals surface area contributed by atoms with Gasteiger partial charge in [-0.2, -0.15) is 5.10 Å². The second-order valence-corrected chi connectivity index (χ2v) is 5.60. The van der Waals surface area contributed by atoms with E-state index in [4.69, 9.17) is 4.74 Å². The minimum absolute atomic E-state index is 0.222. The molecule has 3 rings (SSSR count). The zero-order chi connectivity index (χ0) is 19.2. The van der Waals surface area contributed by atoms with Gasteiger partial charge >= 0.3 is 6.03 Å². The molecular weight excluding hydrogens is 348 g/mol. The molecule has 3 aromatic heterocycles. The molecule has 3 aromatic rings. The number of nitrogens with zero attached hydrogens (tertiary/aromatic N) is 3. The summed E-state index contributed by atoms with van der Waals surface area (Å²) in [4.78, 5) is 31.5. The maximum Gasteiger partial charge on any atom is 0.327 e. The summed E-state index contributed by atoms with van der Waals surface area (Å²) in [5.41, 5.74) is 2.15. The summed E-state index contributed by atoms with van der Waals surface area (Å²) in [6.07, 6.45) is 5.28. The lowest BCUT2D eigenvalue weighted by atomic mass is 10.2. The van der Waals surface area contributed by atoms with Crippen molar-refractivity contribution in [1.29, 1.82) is 0 Å². The third kappa shape index (κ3) is 4.66. The van der Waals surface area contributed by atoms with E-state index in [0.717, 1.165) is 11.3 Å². The number of aryl methyl sites for hydroxylation is 1. The Morgan fingerprint density at radius 3 is 2.81 bits per heavy atom. The fourth-order valence-electron chi connectivity index (χ4n) is 2.24. The van der Waals surface area contributed by atoms with Crippen LogP contribution in [0.3, 0.4) is 0 Å². The van der Waals surface area contributed by atoms with Gasteiger partial charge in [-0.1, -0.05) is 6.92 Å². The largest absolute Gasteiger partial charge is 0.455 e. The molecule has 138 valence electrons. The molecule has 9 nitrogen and oxygen atoms in total. The van der Waals surface area contributed by atoms with Crippen LogP contribution < -0.4 is 15.4 Å². The van der Waals surface area contributed by atoms with Crippen molar-refractivity contribution < 1.29 is 14.3 Å². The number of ether oxygens (including phenoxy) is 1. The van der Waals surface area contributed by atoms with Crippen LogP contribution in [0.25, 0.3) is 11.3 Å². The number of anilines is 1. The standard InChI is InChI=1S/C18H18N6O3/c1-3-17(25)24-18(26)23-16-5-4-15(11(2)22-16)27-13-6-7-19-14(8-13)12-9-20-21-10-12/h4-10H,3H2,1-2H3,(H,20,21)(H2,22,23,24,25,26). The molecule has 0 aliphatic heterocycles. The monoisotopic (exact) mass is 366 g/mol. The Labute approximate surface area is 155 Å². The number of carbonyl (C=O) groups excluding carboxylic acids is 2. The van der Waals surface area contributed by atoms with Gasteiger partial charge < -0.3 is 4.74 Å². The molecule has 3 amide bonds. The highest BCUT2D eigenvalue weighted by Gasteiger charge is 2.10. The van der Waals surface area contributed by atoms with Gasteiger partial charge in [-0.25, -0.2) is 9.78 Å². The second kappa shape index (κ2) is 8.09. The van der Waals surface area contributed by atoms with E-state index in [1.807, 2.05) is 0 Å². The van der Waals surface area contributed by atoms with Crippen molar-refractivity contribution in [2.45, 2.75) is 20.3 Å². The predicted molar refractivity (Wildman–Crippen MR) is 98.3 cm³/mol. The molecule has 27 heavy (non-hydrogen) atoms. The summed E-state index contributed by atoms with van der Waals surface area (Å²) in [7, 11) is 0. The number of urea groups is 1. The van der Waals surface area contributed by atoms with Gasteiger partial charge in [0.2, 0.25) is 5.91 Å². The van der Waals surface area contributed by atoms with E-state index in [0.29, 0.717) is 23.0 Å². The summed E-state index contributed by atoms with van der Waals surface area (Å²) in [5, 5.41) is 11.4. The first-order valence-electron chi connectivity index (χ1n) is 8.26. The zero-order valence-corrected chi connectivity index (χ0v) is 14.8. The van der Waals surface area contributed by atoms with Gasteiger partial charge in [0.05, 0.1) is 17.6 Å². The SMILES string of the molecule is CCC(=O)NC(=O)Nc1ccc(Oc2ccnc(-c3cn[nH]c3)c2)c(C)n1. The van der Waals surface area contributed by atoms with E-state index in [2.05, 4.69) is 30.8 Å². The van der Waals surface area contributed by atoms with Gasteiger partial charge in [0, 0.05) is 30.4 Å². The molecule has 0 saturated carbocycles. The molecule has 0 unspecified atom stereocenters. The van der Waals surface area contributed by atoms with Crippen LogP contribution in [0.5, 0.6) is 11.5 Å². The van der Waals surface area contributed by atoms with Crippen LogP contribution in [-0.2, 0) is 4.79 Å². The molecule has 0 radical (unpaired) electrons. The number of rotatable bonds is 5. The number of nitrogens with one attached hydrogen (secondary N) is 3. The highest BCUT2D eigenvalue weighted by Crippen LogP contribution is 2.27. The fourth-order valence-corrected chi connectivity index (χ4v) is 2.24. The van der Waals surface area contributed by atoms with Crippen molar-refractivity contribution >= 4 is 17.8 Å². The summed E-state index contributed by atoms with van der Waals surface area (Å²) in [6.45, 7) is 3.42. The quantitative estimate of drug-likeness (QED) is 0.638. The Kier molecular flexibility index (Phi) is 5.41. The Morgan fingerprint density at radius 1 is 1.26 bits per heavy atom.